The molecule has 1 spiro atoms. The van der Waals surface area contributed by atoms with Crippen molar-refractivity contribution in [1.29, 1.82) is 0 Å². The standard InChI is InChI=1S/C47H28N2S/c1-2-15-31(16-3-1)46-48-41-24-11-9-20-35(41)43(49-46)36-21-12-23-38-42(36)34-19-8-10-22-37(34)47(38)39-27-25-29-13-4-6-17-32(29)44(39)50-45-33-18-7-5-14-30(33)26-28-40(45)47/h1-28H. The van der Waals surface area contributed by atoms with Crippen molar-refractivity contribution in [2.24, 2.45) is 0 Å². The molecule has 2 nitrogen and oxygen atoms in total. The van der Waals surface area contributed by atoms with Crippen molar-refractivity contribution in [3.63, 3.8) is 0 Å². The number of rotatable bonds is 2. The van der Waals surface area contributed by atoms with Crippen molar-refractivity contribution in [2.45, 2.75) is 15.2 Å². The van der Waals surface area contributed by atoms with Crippen LogP contribution in [0, 0.1) is 0 Å². The molecule has 11 rings (SSSR count). The molecular weight excluding hydrogens is 625 g/mol. The molecule has 1 aliphatic carbocycles. The van der Waals surface area contributed by atoms with Crippen LogP contribution in [0.5, 0.6) is 0 Å². The van der Waals surface area contributed by atoms with Gasteiger partial charge in [-0.25, -0.2) is 9.97 Å². The molecule has 0 saturated carbocycles. The lowest BCUT2D eigenvalue weighted by molar-refractivity contribution is 0.729. The van der Waals surface area contributed by atoms with Crippen LogP contribution in [0.15, 0.2) is 180 Å². The van der Waals surface area contributed by atoms with Crippen LogP contribution in [0.25, 0.3) is 66.2 Å². The van der Waals surface area contributed by atoms with Gasteiger partial charge in [-0.05, 0) is 61.0 Å². The summed E-state index contributed by atoms with van der Waals surface area (Å²) in [6, 6.07) is 61.8. The number of hydrogen-bond acceptors (Lipinski definition) is 3. The van der Waals surface area contributed by atoms with Crippen LogP contribution in [0.1, 0.15) is 22.3 Å². The molecule has 232 valence electrons. The molecule has 50 heavy (non-hydrogen) atoms. The van der Waals surface area contributed by atoms with Gasteiger partial charge in [0.2, 0.25) is 0 Å². The van der Waals surface area contributed by atoms with E-state index in [4.69, 9.17) is 9.97 Å². The molecule has 1 aliphatic heterocycles. The minimum atomic E-state index is -0.517. The Morgan fingerprint density at radius 2 is 0.980 bits per heavy atom. The van der Waals surface area contributed by atoms with Crippen LogP contribution in [0.4, 0.5) is 0 Å². The Hall–Kier alpha value is -6.03. The lowest BCUT2D eigenvalue weighted by Crippen LogP contribution is -2.32. The summed E-state index contributed by atoms with van der Waals surface area (Å²) in [6.45, 7) is 0. The fraction of sp³-hybridized carbons (Fsp3) is 0.0213. The third-order valence-corrected chi connectivity index (χ3v) is 12.0. The fourth-order valence-corrected chi connectivity index (χ4v) is 10.1. The molecule has 3 heteroatoms. The van der Waals surface area contributed by atoms with Crippen LogP contribution in [0.3, 0.4) is 0 Å². The minimum absolute atomic E-state index is 0.517. The van der Waals surface area contributed by atoms with Crippen molar-refractivity contribution in [3.8, 4) is 33.8 Å². The Bertz CT molecular complexity index is 2770. The van der Waals surface area contributed by atoms with E-state index in [0.29, 0.717) is 0 Å². The molecule has 0 fully saturated rings. The van der Waals surface area contributed by atoms with Gasteiger partial charge < -0.3 is 0 Å². The molecule has 0 radical (unpaired) electrons. The van der Waals surface area contributed by atoms with Gasteiger partial charge in [-0.1, -0.05) is 176 Å². The quantitative estimate of drug-likeness (QED) is 0.186. The summed E-state index contributed by atoms with van der Waals surface area (Å²) < 4.78 is 0. The van der Waals surface area contributed by atoms with Gasteiger partial charge in [0.1, 0.15) is 0 Å². The summed E-state index contributed by atoms with van der Waals surface area (Å²) in [6.07, 6.45) is 0. The fourth-order valence-electron chi connectivity index (χ4n) is 8.65. The van der Waals surface area contributed by atoms with E-state index in [1.54, 1.807) is 0 Å². The normalized spacial score (nSPS) is 13.7. The molecule has 8 aromatic carbocycles. The van der Waals surface area contributed by atoms with Gasteiger partial charge in [0.05, 0.1) is 16.6 Å². The number of hydrogen-bond donors (Lipinski definition) is 0. The zero-order chi connectivity index (χ0) is 32.8. The van der Waals surface area contributed by atoms with E-state index < -0.39 is 5.41 Å². The second kappa shape index (κ2) is 10.5. The Morgan fingerprint density at radius 3 is 1.72 bits per heavy atom. The van der Waals surface area contributed by atoms with Crippen molar-refractivity contribution in [3.05, 3.63) is 192 Å². The van der Waals surface area contributed by atoms with Gasteiger partial charge in [0.15, 0.2) is 5.82 Å². The molecule has 0 N–H and O–H groups in total. The van der Waals surface area contributed by atoms with Crippen molar-refractivity contribution in [2.75, 3.05) is 0 Å². The van der Waals surface area contributed by atoms with Gasteiger partial charge >= 0.3 is 0 Å². The van der Waals surface area contributed by atoms with Crippen LogP contribution in [-0.2, 0) is 5.41 Å². The lowest BCUT2D eigenvalue weighted by Gasteiger charge is -2.40. The highest BCUT2D eigenvalue weighted by Gasteiger charge is 2.51. The minimum Gasteiger partial charge on any atom is -0.228 e. The predicted molar refractivity (Wildman–Crippen MR) is 207 cm³/mol. The molecule has 2 heterocycles. The highest BCUT2D eigenvalue weighted by Crippen LogP contribution is 2.65. The van der Waals surface area contributed by atoms with Gasteiger partial charge in [-0.2, -0.15) is 0 Å². The molecule has 1 aromatic heterocycles. The maximum atomic E-state index is 5.38. The van der Waals surface area contributed by atoms with E-state index in [0.717, 1.165) is 33.5 Å². The van der Waals surface area contributed by atoms with Gasteiger partial charge in [-0.3, -0.25) is 0 Å². The first-order valence-electron chi connectivity index (χ1n) is 17.1. The van der Waals surface area contributed by atoms with E-state index in [2.05, 4.69) is 164 Å². The first kappa shape index (κ1) is 27.9. The highest BCUT2D eigenvalue weighted by atomic mass is 32.2. The Kier molecular flexibility index (Phi) is 5.84. The smallest absolute Gasteiger partial charge is 0.160 e. The maximum Gasteiger partial charge on any atom is 0.160 e. The molecule has 0 unspecified atom stereocenters. The third kappa shape index (κ3) is 3.70. The molecular formula is C47H28N2S. The van der Waals surface area contributed by atoms with E-state index >= 15 is 0 Å². The van der Waals surface area contributed by atoms with Gasteiger partial charge in [0, 0.05) is 26.3 Å². The number of aromatic nitrogens is 2. The van der Waals surface area contributed by atoms with Crippen LogP contribution in [0.2, 0.25) is 0 Å². The number of benzene rings is 8. The van der Waals surface area contributed by atoms with E-state index in [9.17, 15) is 0 Å². The summed E-state index contributed by atoms with van der Waals surface area (Å²) in [5.41, 5.74) is 11.3. The second-order valence-electron chi connectivity index (χ2n) is 13.2. The molecule has 0 atom stereocenters. The summed E-state index contributed by atoms with van der Waals surface area (Å²) in [4.78, 5) is 13.1. The average Bonchev–Trinajstić information content (AvgIpc) is 3.48. The predicted octanol–water partition coefficient (Wildman–Crippen LogP) is 12.1. The van der Waals surface area contributed by atoms with Crippen LogP contribution < -0.4 is 0 Å². The monoisotopic (exact) mass is 652 g/mol. The summed E-state index contributed by atoms with van der Waals surface area (Å²) in [5.74, 6) is 0.737. The largest absolute Gasteiger partial charge is 0.228 e. The molecule has 0 saturated heterocycles. The summed E-state index contributed by atoms with van der Waals surface area (Å²) >= 11 is 1.93. The molecule has 9 aromatic rings. The van der Waals surface area contributed by atoms with Gasteiger partial charge in [0.25, 0.3) is 0 Å². The number of fused-ring (bicyclic) bond motifs is 14. The topological polar surface area (TPSA) is 25.8 Å². The second-order valence-corrected chi connectivity index (χ2v) is 14.3. The highest BCUT2D eigenvalue weighted by molar-refractivity contribution is 8.00. The zero-order valence-corrected chi connectivity index (χ0v) is 27.8. The van der Waals surface area contributed by atoms with Crippen LogP contribution in [-0.4, -0.2) is 9.97 Å². The molecule has 0 bridgehead atoms. The van der Waals surface area contributed by atoms with Crippen molar-refractivity contribution >= 4 is 44.2 Å². The van der Waals surface area contributed by atoms with E-state index in [1.165, 1.54) is 64.7 Å². The Morgan fingerprint density at radius 1 is 0.400 bits per heavy atom. The maximum absolute atomic E-state index is 5.38. The first-order chi connectivity index (χ1) is 24.8. The molecule has 0 amide bonds. The summed E-state index contributed by atoms with van der Waals surface area (Å²) in [7, 11) is 0. The summed E-state index contributed by atoms with van der Waals surface area (Å²) in [5, 5.41) is 6.17. The third-order valence-electron chi connectivity index (χ3n) is 10.7. The zero-order valence-electron chi connectivity index (χ0n) is 27.0. The van der Waals surface area contributed by atoms with E-state index in [1.807, 2.05) is 17.8 Å². The Labute approximate surface area is 294 Å². The molecule has 2 aliphatic rings. The van der Waals surface area contributed by atoms with Crippen LogP contribution >= 0.6 is 11.8 Å². The average molecular weight is 653 g/mol. The Balaban J connectivity index is 1.30. The lowest BCUT2D eigenvalue weighted by atomic mass is 9.66. The SMILES string of the molecule is c1ccc(-c2nc(-c3cccc4c3-c3ccccc3C43c4ccc5ccccc5c4Sc4c3ccc3ccccc43)c3ccccc3n2)cc1. The number of nitrogens with zero attached hydrogens (tertiary/aromatic N) is 2. The van der Waals surface area contributed by atoms with Crippen molar-refractivity contribution in [1.82, 2.24) is 9.97 Å². The first-order valence-corrected chi connectivity index (χ1v) is 17.9. The van der Waals surface area contributed by atoms with Gasteiger partial charge in [-0.15, -0.1) is 0 Å². The van der Waals surface area contributed by atoms with Crippen molar-refractivity contribution < 1.29 is 0 Å². The van der Waals surface area contributed by atoms with E-state index in [-0.39, 0.29) is 0 Å². The number of para-hydroxylation sites is 1.